The fourth-order valence-corrected chi connectivity index (χ4v) is 1.91. The number of nitrogens with zero attached hydrogens (tertiary/aromatic N) is 1. The van der Waals surface area contributed by atoms with Crippen molar-refractivity contribution in [1.82, 2.24) is 0 Å². The summed E-state index contributed by atoms with van der Waals surface area (Å²) in [6, 6.07) is 4.12. The van der Waals surface area contributed by atoms with Crippen LogP contribution < -0.4 is 5.73 Å². The molecule has 5 nitrogen and oxygen atoms in total. The predicted octanol–water partition coefficient (Wildman–Crippen LogP) is 0.366. The van der Waals surface area contributed by atoms with E-state index in [1.165, 1.54) is 12.1 Å². The molecule has 1 aromatic carbocycles. The van der Waals surface area contributed by atoms with E-state index in [4.69, 9.17) is 21.2 Å². The number of aliphatic hydroxyl groups is 2. The summed E-state index contributed by atoms with van der Waals surface area (Å²) < 4.78 is 13.5. The Morgan fingerprint density at radius 2 is 2.24 bits per heavy atom. The summed E-state index contributed by atoms with van der Waals surface area (Å²) >= 11 is 1.08. The van der Waals surface area contributed by atoms with Gasteiger partial charge in [-0.1, -0.05) is 5.16 Å². The number of benzene rings is 1. The molecule has 1 aromatic rings. The van der Waals surface area contributed by atoms with E-state index >= 15 is 0 Å². The topological polar surface area (TPSA) is 99.1 Å². The van der Waals surface area contributed by atoms with Crippen LogP contribution in [0.15, 0.2) is 28.3 Å². The molecule has 0 saturated heterocycles. The summed E-state index contributed by atoms with van der Waals surface area (Å²) in [5.74, 6) is -0.504. The SMILES string of the molecule is N/C(=N\O)c1ccc(SCC(O)CO)c(F)c1. The second kappa shape index (κ2) is 6.43. The molecule has 0 saturated carbocycles. The number of rotatable bonds is 5. The van der Waals surface area contributed by atoms with Gasteiger partial charge in [0.25, 0.3) is 0 Å². The second-order valence-corrected chi connectivity index (χ2v) is 4.34. The monoisotopic (exact) mass is 260 g/mol. The summed E-state index contributed by atoms with van der Waals surface area (Å²) in [5, 5.41) is 28.9. The van der Waals surface area contributed by atoms with Gasteiger partial charge in [0.2, 0.25) is 0 Å². The van der Waals surface area contributed by atoms with Crippen molar-refractivity contribution in [3.05, 3.63) is 29.6 Å². The Balaban J connectivity index is 2.76. The highest BCUT2D eigenvalue weighted by Crippen LogP contribution is 2.23. The molecule has 1 unspecified atom stereocenters. The summed E-state index contributed by atoms with van der Waals surface area (Å²) in [6.45, 7) is -0.364. The second-order valence-electron chi connectivity index (χ2n) is 3.28. The first-order chi connectivity index (χ1) is 8.08. The first-order valence-electron chi connectivity index (χ1n) is 4.77. The maximum atomic E-state index is 13.5. The molecule has 17 heavy (non-hydrogen) atoms. The van der Waals surface area contributed by atoms with Crippen molar-refractivity contribution in [2.24, 2.45) is 10.9 Å². The molecule has 1 atom stereocenters. The van der Waals surface area contributed by atoms with Gasteiger partial charge in [-0.05, 0) is 18.2 Å². The van der Waals surface area contributed by atoms with Crippen LogP contribution >= 0.6 is 11.8 Å². The van der Waals surface area contributed by atoms with E-state index in [9.17, 15) is 4.39 Å². The van der Waals surface area contributed by atoms with E-state index in [1.54, 1.807) is 0 Å². The van der Waals surface area contributed by atoms with Gasteiger partial charge in [-0.3, -0.25) is 0 Å². The normalized spacial score (nSPS) is 13.7. The fourth-order valence-electron chi connectivity index (χ4n) is 1.07. The third kappa shape index (κ3) is 3.88. The molecule has 0 heterocycles. The van der Waals surface area contributed by atoms with E-state index < -0.39 is 11.9 Å². The van der Waals surface area contributed by atoms with Gasteiger partial charge in [-0.25, -0.2) is 4.39 Å². The Morgan fingerprint density at radius 3 is 2.76 bits per heavy atom. The van der Waals surface area contributed by atoms with E-state index in [0.717, 1.165) is 17.8 Å². The lowest BCUT2D eigenvalue weighted by atomic mass is 10.2. The van der Waals surface area contributed by atoms with Gasteiger partial charge in [0, 0.05) is 16.2 Å². The highest BCUT2D eigenvalue weighted by Gasteiger charge is 2.09. The molecule has 7 heteroatoms. The maximum Gasteiger partial charge on any atom is 0.170 e. The van der Waals surface area contributed by atoms with Crippen molar-refractivity contribution >= 4 is 17.6 Å². The van der Waals surface area contributed by atoms with Crippen molar-refractivity contribution in [1.29, 1.82) is 0 Å². The largest absolute Gasteiger partial charge is 0.409 e. The van der Waals surface area contributed by atoms with Crippen LogP contribution in [-0.2, 0) is 0 Å². The highest BCUT2D eigenvalue weighted by molar-refractivity contribution is 7.99. The standard InChI is InChI=1S/C10H13FN2O3S/c11-8-3-6(10(12)13-16)1-2-9(8)17-5-7(15)4-14/h1-3,7,14-16H,4-5H2,(H2,12,13). The molecule has 94 valence electrons. The number of hydrogen-bond acceptors (Lipinski definition) is 5. The summed E-state index contributed by atoms with van der Waals surface area (Å²) in [7, 11) is 0. The van der Waals surface area contributed by atoms with Gasteiger partial charge in [-0.2, -0.15) is 0 Å². The minimum absolute atomic E-state index is 0.171. The van der Waals surface area contributed by atoms with Gasteiger partial charge in [-0.15, -0.1) is 11.8 Å². The van der Waals surface area contributed by atoms with Crippen molar-refractivity contribution in [2.45, 2.75) is 11.0 Å². The molecule has 0 amide bonds. The van der Waals surface area contributed by atoms with E-state index in [-0.39, 0.29) is 23.8 Å². The Hall–Kier alpha value is -1.31. The average Bonchev–Trinajstić information content (AvgIpc) is 2.35. The van der Waals surface area contributed by atoms with E-state index in [0.29, 0.717) is 4.90 Å². The van der Waals surface area contributed by atoms with Gasteiger partial charge in [0.1, 0.15) is 5.82 Å². The number of thioether (sulfide) groups is 1. The van der Waals surface area contributed by atoms with Gasteiger partial charge < -0.3 is 21.2 Å². The third-order valence-electron chi connectivity index (χ3n) is 1.98. The molecule has 0 radical (unpaired) electrons. The third-order valence-corrected chi connectivity index (χ3v) is 3.17. The van der Waals surface area contributed by atoms with Crippen LogP contribution in [0.25, 0.3) is 0 Å². The lowest BCUT2D eigenvalue weighted by Gasteiger charge is -2.08. The molecule has 0 aromatic heterocycles. The number of hydrogen-bond donors (Lipinski definition) is 4. The fraction of sp³-hybridized carbons (Fsp3) is 0.300. The van der Waals surface area contributed by atoms with Gasteiger partial charge in [0.15, 0.2) is 5.84 Å². The van der Waals surface area contributed by atoms with E-state index in [2.05, 4.69) is 5.16 Å². The minimum atomic E-state index is -0.886. The minimum Gasteiger partial charge on any atom is -0.409 e. The molecule has 0 spiro atoms. The van der Waals surface area contributed by atoms with Crippen LogP contribution in [0.1, 0.15) is 5.56 Å². The molecular formula is C10H13FN2O3S. The summed E-state index contributed by atoms with van der Waals surface area (Å²) in [6.07, 6.45) is -0.886. The number of aliphatic hydroxyl groups excluding tert-OH is 2. The van der Waals surface area contributed by atoms with Crippen molar-refractivity contribution in [2.75, 3.05) is 12.4 Å². The zero-order valence-electron chi connectivity index (χ0n) is 8.88. The maximum absolute atomic E-state index is 13.5. The molecule has 0 aliphatic heterocycles. The lowest BCUT2D eigenvalue weighted by Crippen LogP contribution is -2.15. The van der Waals surface area contributed by atoms with Crippen LogP contribution in [0.3, 0.4) is 0 Å². The van der Waals surface area contributed by atoms with Crippen molar-refractivity contribution in [3.8, 4) is 0 Å². The van der Waals surface area contributed by atoms with Crippen LogP contribution in [0.4, 0.5) is 4.39 Å². The smallest absolute Gasteiger partial charge is 0.170 e. The zero-order valence-corrected chi connectivity index (χ0v) is 9.69. The van der Waals surface area contributed by atoms with Crippen LogP contribution in [-0.4, -0.2) is 39.7 Å². The molecule has 0 aliphatic rings. The number of oxime groups is 1. The van der Waals surface area contributed by atoms with Crippen LogP contribution in [0.5, 0.6) is 0 Å². The first kappa shape index (κ1) is 13.8. The average molecular weight is 260 g/mol. The predicted molar refractivity (Wildman–Crippen MR) is 62.7 cm³/mol. The zero-order chi connectivity index (χ0) is 12.8. The first-order valence-corrected chi connectivity index (χ1v) is 5.76. The van der Waals surface area contributed by atoms with Gasteiger partial charge in [0.05, 0.1) is 12.7 Å². The van der Waals surface area contributed by atoms with Crippen LogP contribution in [0.2, 0.25) is 0 Å². The summed E-state index contributed by atoms with van der Waals surface area (Å²) in [4.78, 5) is 0.326. The van der Waals surface area contributed by atoms with Crippen LogP contribution in [0, 0.1) is 5.82 Å². The number of halogens is 1. The Bertz CT molecular complexity index is 415. The van der Waals surface area contributed by atoms with Crippen molar-refractivity contribution in [3.63, 3.8) is 0 Å². The van der Waals surface area contributed by atoms with E-state index in [1.807, 2.05) is 0 Å². The van der Waals surface area contributed by atoms with Gasteiger partial charge >= 0.3 is 0 Å². The Morgan fingerprint density at radius 1 is 1.53 bits per heavy atom. The number of amidine groups is 1. The number of nitrogens with two attached hydrogens (primary N) is 1. The Labute approximate surface area is 102 Å². The molecule has 0 fully saturated rings. The highest BCUT2D eigenvalue weighted by atomic mass is 32.2. The molecule has 0 bridgehead atoms. The lowest BCUT2D eigenvalue weighted by molar-refractivity contribution is 0.113. The molecule has 5 N–H and O–H groups in total. The Kier molecular flexibility index (Phi) is 5.20. The van der Waals surface area contributed by atoms with Crippen molar-refractivity contribution < 1.29 is 19.8 Å². The molecule has 0 aliphatic carbocycles. The summed E-state index contributed by atoms with van der Waals surface area (Å²) in [5.41, 5.74) is 5.59. The molecular weight excluding hydrogens is 247 g/mol. The molecule has 1 rings (SSSR count). The quantitative estimate of drug-likeness (QED) is 0.201.